The number of halogens is 3. The number of carbonyl (C=O) groups excluding carboxylic acids is 3. The maximum absolute atomic E-state index is 13.9. The summed E-state index contributed by atoms with van der Waals surface area (Å²) in [5.41, 5.74) is 0.698. The molecule has 260 valence electrons. The van der Waals surface area contributed by atoms with Crippen LogP contribution < -0.4 is 10.1 Å². The predicted molar refractivity (Wildman–Crippen MR) is 172 cm³/mol. The van der Waals surface area contributed by atoms with Gasteiger partial charge in [0.2, 0.25) is 5.91 Å². The molecule has 2 aliphatic rings. The first-order chi connectivity index (χ1) is 23.7. The van der Waals surface area contributed by atoms with E-state index in [-0.39, 0.29) is 63.7 Å². The van der Waals surface area contributed by atoms with Gasteiger partial charge in [0.05, 0.1) is 38.1 Å². The smallest absolute Gasteiger partial charge is 0.387 e. The number of anilines is 1. The summed E-state index contributed by atoms with van der Waals surface area (Å²) in [5.74, 6) is -1.70. The van der Waals surface area contributed by atoms with Crippen LogP contribution in [0.1, 0.15) is 29.6 Å². The van der Waals surface area contributed by atoms with E-state index in [2.05, 4.69) is 25.4 Å². The molecule has 17 heteroatoms. The van der Waals surface area contributed by atoms with Crippen molar-refractivity contribution in [1.82, 2.24) is 34.2 Å². The average molecular weight is 701 g/mol. The Balaban J connectivity index is 1.29. The fourth-order valence-corrected chi connectivity index (χ4v) is 6.45. The number of hydrogen-bond donors (Lipinski definition) is 1. The molecule has 49 heavy (non-hydrogen) atoms. The van der Waals surface area contributed by atoms with Crippen LogP contribution in [0.4, 0.5) is 14.5 Å². The Morgan fingerprint density at radius 3 is 2.78 bits per heavy atom. The SMILES string of the molecule is COC(=O)C1CCN(C(=O)Cn2cc(NC(=O)c3cnn4cccnc34)c(-c3cc(Cl)ccc3OC(F)F)n2)C(CCN2CCOCC2)C1. The molecule has 1 aromatic carbocycles. The van der Waals surface area contributed by atoms with Gasteiger partial charge in [0.25, 0.3) is 5.91 Å². The number of alkyl halides is 2. The number of methoxy groups -OCH3 is 1. The van der Waals surface area contributed by atoms with E-state index in [0.717, 1.165) is 19.6 Å². The van der Waals surface area contributed by atoms with Crippen molar-refractivity contribution in [2.24, 2.45) is 5.92 Å². The van der Waals surface area contributed by atoms with Gasteiger partial charge in [0, 0.05) is 61.4 Å². The number of nitrogens with zero attached hydrogens (tertiary/aromatic N) is 7. The minimum absolute atomic E-state index is 0.0528. The molecular formula is C32H35ClF2N8O6. The van der Waals surface area contributed by atoms with E-state index in [4.69, 9.17) is 25.8 Å². The number of carbonyl (C=O) groups is 3. The fraction of sp³-hybridized carbons (Fsp3) is 0.438. The third kappa shape index (κ3) is 7.98. The zero-order chi connectivity index (χ0) is 34.5. The maximum Gasteiger partial charge on any atom is 0.387 e. The van der Waals surface area contributed by atoms with E-state index in [1.165, 1.54) is 53.1 Å². The van der Waals surface area contributed by atoms with Crippen LogP contribution in [0, 0.1) is 5.92 Å². The first-order valence-corrected chi connectivity index (χ1v) is 16.2. The average Bonchev–Trinajstić information content (AvgIpc) is 3.71. The van der Waals surface area contributed by atoms with Crippen LogP contribution in [0.3, 0.4) is 0 Å². The minimum Gasteiger partial charge on any atom is -0.469 e. The molecule has 2 fully saturated rings. The molecule has 2 amide bonds. The highest BCUT2D eigenvalue weighted by molar-refractivity contribution is 6.31. The second kappa shape index (κ2) is 15.3. The van der Waals surface area contributed by atoms with Gasteiger partial charge in [-0.25, -0.2) is 9.50 Å². The molecule has 2 atom stereocenters. The molecule has 14 nitrogen and oxygen atoms in total. The number of amides is 2. The number of aromatic nitrogens is 5. The molecule has 0 spiro atoms. The molecule has 2 saturated heterocycles. The number of fused-ring (bicyclic) bond motifs is 1. The van der Waals surface area contributed by atoms with Crippen molar-refractivity contribution in [2.75, 3.05) is 51.8 Å². The highest BCUT2D eigenvalue weighted by atomic mass is 35.5. The van der Waals surface area contributed by atoms with E-state index < -0.39 is 12.5 Å². The van der Waals surface area contributed by atoms with E-state index in [1.807, 2.05) is 0 Å². The lowest BCUT2D eigenvalue weighted by molar-refractivity contribution is -0.151. The van der Waals surface area contributed by atoms with E-state index >= 15 is 0 Å². The predicted octanol–water partition coefficient (Wildman–Crippen LogP) is 3.60. The summed E-state index contributed by atoms with van der Waals surface area (Å²) in [6.45, 7) is 0.556. The number of esters is 1. The summed E-state index contributed by atoms with van der Waals surface area (Å²) in [4.78, 5) is 48.1. The van der Waals surface area contributed by atoms with Gasteiger partial charge in [-0.1, -0.05) is 11.6 Å². The standard InChI is InChI=1S/C32H35ClF2N8O6/c1-47-31(46)20-5-10-42(22(15-20)6-9-40-11-13-48-14-12-40)27(44)19-41-18-25(38-30(45)24-17-37-43-8-2-7-36-29(24)43)28(39-41)23-16-21(33)3-4-26(23)49-32(34)35/h2-4,7-8,16-18,20,22,32H,5-6,9-15,19H2,1H3,(H,38,45). The Morgan fingerprint density at radius 1 is 1.18 bits per heavy atom. The minimum atomic E-state index is -3.14. The van der Waals surface area contributed by atoms with Gasteiger partial charge in [-0.05, 0) is 43.5 Å². The molecule has 5 heterocycles. The molecule has 0 saturated carbocycles. The van der Waals surface area contributed by atoms with Gasteiger partial charge >= 0.3 is 12.6 Å². The number of rotatable bonds is 11. The van der Waals surface area contributed by atoms with Crippen molar-refractivity contribution in [1.29, 1.82) is 0 Å². The number of nitrogens with one attached hydrogen (secondary N) is 1. The molecular weight excluding hydrogens is 666 g/mol. The number of hydrogen-bond acceptors (Lipinski definition) is 10. The van der Waals surface area contributed by atoms with Gasteiger partial charge < -0.3 is 24.4 Å². The zero-order valence-electron chi connectivity index (χ0n) is 26.6. The lowest BCUT2D eigenvalue weighted by Crippen LogP contribution is -2.50. The van der Waals surface area contributed by atoms with Crippen molar-refractivity contribution in [3.63, 3.8) is 0 Å². The third-order valence-corrected chi connectivity index (χ3v) is 8.93. The monoisotopic (exact) mass is 700 g/mol. The Kier molecular flexibility index (Phi) is 10.7. The van der Waals surface area contributed by atoms with Crippen LogP contribution in [0.15, 0.2) is 49.1 Å². The summed E-state index contributed by atoms with van der Waals surface area (Å²) in [6, 6.07) is 5.49. The van der Waals surface area contributed by atoms with Gasteiger partial charge in [-0.3, -0.25) is 24.0 Å². The number of benzene rings is 1. The van der Waals surface area contributed by atoms with Crippen molar-refractivity contribution >= 4 is 40.7 Å². The lowest BCUT2D eigenvalue weighted by Gasteiger charge is -2.40. The largest absolute Gasteiger partial charge is 0.469 e. The number of morpholine rings is 1. The molecule has 1 N–H and O–H groups in total. The maximum atomic E-state index is 13.9. The Labute approximate surface area is 284 Å². The van der Waals surface area contributed by atoms with E-state index in [9.17, 15) is 23.2 Å². The van der Waals surface area contributed by atoms with Crippen LogP contribution in [-0.4, -0.2) is 111 Å². The Bertz CT molecular complexity index is 1810. The molecule has 0 bridgehead atoms. The second-order valence-electron chi connectivity index (χ2n) is 11.7. The zero-order valence-corrected chi connectivity index (χ0v) is 27.4. The summed E-state index contributed by atoms with van der Waals surface area (Å²) in [5, 5.41) is 11.7. The molecule has 3 aromatic heterocycles. The highest BCUT2D eigenvalue weighted by Gasteiger charge is 2.36. The summed E-state index contributed by atoms with van der Waals surface area (Å²) < 4.78 is 44.8. The Hall–Kier alpha value is -4.67. The van der Waals surface area contributed by atoms with E-state index in [1.54, 1.807) is 17.2 Å². The normalized spacial score (nSPS) is 18.5. The highest BCUT2D eigenvalue weighted by Crippen LogP contribution is 2.37. The third-order valence-electron chi connectivity index (χ3n) is 8.70. The van der Waals surface area contributed by atoms with Crippen LogP contribution >= 0.6 is 11.6 Å². The van der Waals surface area contributed by atoms with Gasteiger partial charge in [-0.15, -0.1) is 0 Å². The molecule has 2 unspecified atom stereocenters. The van der Waals surface area contributed by atoms with Crippen molar-refractivity contribution in [3.05, 3.63) is 59.6 Å². The van der Waals surface area contributed by atoms with Crippen molar-refractivity contribution in [2.45, 2.75) is 38.5 Å². The quantitative estimate of drug-likeness (QED) is 0.231. The molecule has 2 aliphatic heterocycles. The topological polar surface area (TPSA) is 145 Å². The van der Waals surface area contributed by atoms with Gasteiger partial charge in [-0.2, -0.15) is 19.0 Å². The molecule has 0 aliphatic carbocycles. The van der Waals surface area contributed by atoms with Gasteiger partial charge in [0.15, 0.2) is 5.65 Å². The van der Waals surface area contributed by atoms with E-state index in [0.29, 0.717) is 44.7 Å². The van der Waals surface area contributed by atoms with Crippen LogP contribution in [0.5, 0.6) is 5.75 Å². The summed E-state index contributed by atoms with van der Waals surface area (Å²) >= 11 is 6.26. The lowest BCUT2D eigenvalue weighted by atomic mass is 9.89. The summed E-state index contributed by atoms with van der Waals surface area (Å²) in [6.07, 6.45) is 7.50. The molecule has 0 radical (unpaired) electrons. The Morgan fingerprint density at radius 2 is 2.00 bits per heavy atom. The molecule has 6 rings (SSSR count). The second-order valence-corrected chi connectivity index (χ2v) is 12.2. The van der Waals surface area contributed by atoms with Crippen LogP contribution in [0.25, 0.3) is 16.9 Å². The first-order valence-electron chi connectivity index (χ1n) is 15.8. The van der Waals surface area contributed by atoms with Gasteiger partial charge in [0.1, 0.15) is 23.6 Å². The number of ether oxygens (including phenoxy) is 3. The van der Waals surface area contributed by atoms with Crippen LogP contribution in [-0.2, 0) is 25.6 Å². The van der Waals surface area contributed by atoms with Crippen molar-refractivity contribution in [3.8, 4) is 17.0 Å². The summed E-state index contributed by atoms with van der Waals surface area (Å²) in [7, 11) is 1.36. The molecule has 4 aromatic rings. The van der Waals surface area contributed by atoms with Crippen LogP contribution in [0.2, 0.25) is 5.02 Å². The number of likely N-dealkylation sites (tertiary alicyclic amines) is 1. The van der Waals surface area contributed by atoms with Crippen molar-refractivity contribution < 1.29 is 37.4 Å². The number of piperidine rings is 1. The first kappa shape index (κ1) is 34.2. The fourth-order valence-electron chi connectivity index (χ4n) is 6.28.